The summed E-state index contributed by atoms with van der Waals surface area (Å²) in [7, 11) is 6.64. The Morgan fingerprint density at radius 1 is 0.378 bits per heavy atom. The fraction of sp³-hybridized carbons (Fsp3) is 0.257. The van der Waals surface area contributed by atoms with Gasteiger partial charge in [-0.25, -0.2) is 39.1 Å². The molecule has 0 atom stereocenters. The van der Waals surface area contributed by atoms with E-state index in [1.807, 2.05) is 55.4 Å². The number of H-pyrrole nitrogens is 4. The molecule has 4 aromatic carbocycles. The maximum atomic E-state index is 12.1. The first-order valence-corrected chi connectivity index (χ1v) is 30.3. The van der Waals surface area contributed by atoms with Crippen LogP contribution in [0.2, 0.25) is 0 Å². The first-order valence-electron chi connectivity index (χ1n) is 30.3. The van der Waals surface area contributed by atoms with Crippen molar-refractivity contribution in [3.8, 4) is 46.0 Å². The molecule has 0 aliphatic carbocycles. The van der Waals surface area contributed by atoms with E-state index in [4.69, 9.17) is 18.9 Å². The molecule has 8 aromatic heterocycles. The van der Waals surface area contributed by atoms with E-state index >= 15 is 0 Å². The molecule has 0 bridgehead atoms. The van der Waals surface area contributed by atoms with Gasteiger partial charge in [0.15, 0.2) is 45.6 Å². The van der Waals surface area contributed by atoms with Gasteiger partial charge in [0.2, 0.25) is 23.6 Å². The summed E-state index contributed by atoms with van der Waals surface area (Å²) in [6.07, 6.45) is 6.29. The van der Waals surface area contributed by atoms with Crippen molar-refractivity contribution in [2.24, 2.45) is 51.9 Å². The van der Waals surface area contributed by atoms with E-state index in [-0.39, 0.29) is 84.9 Å². The maximum absolute atomic E-state index is 12.1. The minimum absolute atomic E-state index is 0. The van der Waals surface area contributed by atoms with Gasteiger partial charge < -0.3 is 50.2 Å². The third-order valence-corrected chi connectivity index (χ3v) is 14.4. The molecule has 12 rings (SSSR count). The summed E-state index contributed by atoms with van der Waals surface area (Å²) >= 11 is 0. The van der Waals surface area contributed by atoms with Crippen LogP contribution in [-0.4, -0.2) is 81.8 Å². The molecule has 4 amide bonds. The third kappa shape index (κ3) is 17.7. The van der Waals surface area contributed by atoms with Gasteiger partial charge in [-0.15, -0.1) is 0 Å². The van der Waals surface area contributed by atoms with Gasteiger partial charge in [0.05, 0.1) is 0 Å². The van der Waals surface area contributed by atoms with E-state index in [9.17, 15) is 38.4 Å². The van der Waals surface area contributed by atoms with Crippen molar-refractivity contribution in [2.45, 2.75) is 70.2 Å². The Hall–Kier alpha value is -12.4. The van der Waals surface area contributed by atoms with Crippen molar-refractivity contribution in [3.63, 3.8) is 0 Å². The summed E-state index contributed by atoms with van der Waals surface area (Å²) in [5.74, 6) is 3.52. The summed E-state index contributed by atoms with van der Waals surface area (Å²) in [4.78, 5) is 121. The number of aromatic amines is 4. The number of aromatic nitrogens is 12. The van der Waals surface area contributed by atoms with Crippen molar-refractivity contribution >= 4 is 91.0 Å². The van der Waals surface area contributed by atoms with Gasteiger partial charge in [0.25, 0.3) is 0 Å². The number of hydrogen-bond donors (Lipinski definition) is 8. The van der Waals surface area contributed by atoms with Gasteiger partial charge in [0, 0.05) is 148 Å². The zero-order chi connectivity index (χ0) is 69.1. The molecule has 0 saturated heterocycles. The van der Waals surface area contributed by atoms with Crippen molar-refractivity contribution in [3.05, 3.63) is 188 Å². The van der Waals surface area contributed by atoms with Gasteiger partial charge in [-0.3, -0.25) is 47.4 Å². The Kier molecular flexibility index (Phi) is 24.0. The largest absolute Gasteiger partial charge is 0.455 e. The summed E-state index contributed by atoms with van der Waals surface area (Å²) in [6, 6.07) is 35.1. The standard InChI is InChI=1S/C18H20N4O3.2C17H18N4O3.C16H16N4O3.2CH4/c1-11(2)17(23)20-12-6-5-7-13(10-12)25-14-8-9-19-16-15(14)21(3)18(24)22(16)4;1-10(2)16(22)19-11-5-4-6-12(9-11)24-13-7-8-18-15-14(13)21(3)17(23)20-15;1-10(2)16(22)19-11-5-4-6-12(9-11)24-13-7-8-18-15-14(13)20-17(23)21(15)3;1-9(2)15(21)18-10-4-3-5-11(8-10)23-12-6-7-17-14-13(12)19-16(22)20-14;;/h5-11H,1-4H3,(H,20,23);4-10H,1-3H3,(H,19,22)(H,18,20,23);4-10H,1-3H3,(H,19,22)(H,20,23);3-9H,1-2H3,(H,18,21)(H2,17,19,20,22);2*1H4. The van der Waals surface area contributed by atoms with Crippen LogP contribution < -0.4 is 63.0 Å². The van der Waals surface area contributed by atoms with Gasteiger partial charge >= 0.3 is 22.8 Å². The Balaban J connectivity index is 0.000000183. The topological polar surface area (TPSA) is 356 Å². The van der Waals surface area contributed by atoms with Crippen LogP contribution in [0.5, 0.6) is 46.0 Å². The lowest BCUT2D eigenvalue weighted by Gasteiger charge is -2.11. The average Bonchev–Trinajstić information content (AvgIpc) is 1.56. The number of nitrogens with zero attached hydrogens (tertiary/aromatic N) is 8. The minimum atomic E-state index is -0.346. The number of fused-ring (bicyclic) bond motifs is 4. The first kappa shape index (κ1) is 73.1. The molecule has 98 heavy (non-hydrogen) atoms. The SMILES string of the molecule is C.C.CC(C)C(=O)Nc1cccc(Oc2ccnc3[nH]c(=O)[nH]c23)c1.CC(C)C(=O)Nc1cccc(Oc2ccnc3[nH]c(=O)n(C)c23)c1.CC(C)C(=O)Nc1cccc(Oc2ccnc3c2[nH]c(=O)n3C)c1.CC(C)C(=O)Nc1cccc(Oc2ccnc3c2n(C)c(=O)n3C)c1. The Bertz CT molecular complexity index is 5080. The first-order chi connectivity index (χ1) is 45.8. The van der Waals surface area contributed by atoms with Crippen molar-refractivity contribution in [1.29, 1.82) is 0 Å². The quantitative estimate of drug-likeness (QED) is 0.0445. The van der Waals surface area contributed by atoms with Crippen LogP contribution in [0.15, 0.2) is 165 Å². The highest BCUT2D eigenvalue weighted by atomic mass is 16.5. The van der Waals surface area contributed by atoms with E-state index in [0.29, 0.717) is 113 Å². The fourth-order valence-corrected chi connectivity index (χ4v) is 9.08. The smallest absolute Gasteiger partial charge is 0.329 e. The second-order valence-electron chi connectivity index (χ2n) is 23.1. The van der Waals surface area contributed by atoms with Crippen LogP contribution in [0.25, 0.3) is 44.7 Å². The number of carbonyl (C=O) groups is 4. The molecule has 0 spiro atoms. The molecular weight excluding hydrogens is 1260 g/mol. The summed E-state index contributed by atoms with van der Waals surface area (Å²) < 4.78 is 29.4. The van der Waals surface area contributed by atoms with Crippen LogP contribution in [0, 0.1) is 23.7 Å². The highest BCUT2D eigenvalue weighted by molar-refractivity contribution is 5.94. The number of benzene rings is 4. The molecule has 0 aliphatic heterocycles. The lowest BCUT2D eigenvalue weighted by molar-refractivity contribution is -0.119. The minimum Gasteiger partial charge on any atom is -0.455 e. The van der Waals surface area contributed by atoms with E-state index in [0.717, 1.165) is 0 Å². The molecule has 0 unspecified atom stereocenters. The molecule has 28 heteroatoms. The molecule has 0 saturated carbocycles. The molecule has 8 N–H and O–H groups in total. The Labute approximate surface area is 562 Å². The van der Waals surface area contributed by atoms with Crippen LogP contribution in [-0.2, 0) is 47.4 Å². The second-order valence-corrected chi connectivity index (χ2v) is 23.1. The second kappa shape index (κ2) is 32.2. The number of hydrogen-bond acceptors (Lipinski definition) is 16. The summed E-state index contributed by atoms with van der Waals surface area (Å²) in [5, 5.41) is 11.3. The lowest BCUT2D eigenvalue weighted by Crippen LogP contribution is -2.19. The Morgan fingerprint density at radius 2 is 0.735 bits per heavy atom. The number of amides is 4. The number of nitrogens with one attached hydrogen (secondary N) is 8. The average molecular weight is 1340 g/mol. The van der Waals surface area contributed by atoms with Gasteiger partial charge in [-0.2, -0.15) is 0 Å². The zero-order valence-corrected chi connectivity index (χ0v) is 54.6. The van der Waals surface area contributed by atoms with Gasteiger partial charge in [-0.1, -0.05) is 94.5 Å². The monoisotopic (exact) mass is 1340 g/mol. The highest BCUT2D eigenvalue weighted by Crippen LogP contribution is 2.33. The van der Waals surface area contributed by atoms with Crippen LogP contribution in [0.4, 0.5) is 22.7 Å². The fourth-order valence-electron chi connectivity index (χ4n) is 9.08. The van der Waals surface area contributed by atoms with Crippen LogP contribution in [0.3, 0.4) is 0 Å². The third-order valence-electron chi connectivity index (χ3n) is 14.4. The number of aryl methyl sites for hydroxylation is 4. The molecule has 12 aromatic rings. The summed E-state index contributed by atoms with van der Waals surface area (Å²) in [6.45, 7) is 14.6. The van der Waals surface area contributed by atoms with Crippen molar-refractivity contribution < 1.29 is 38.1 Å². The predicted molar refractivity (Wildman–Crippen MR) is 379 cm³/mol. The number of anilines is 4. The number of imidazole rings is 4. The van der Waals surface area contributed by atoms with E-state index in [2.05, 4.69) is 61.1 Å². The number of pyridine rings is 4. The molecule has 0 radical (unpaired) electrons. The number of carbonyl (C=O) groups excluding carboxylic acids is 4. The van der Waals surface area contributed by atoms with Crippen LogP contribution >= 0.6 is 0 Å². The highest BCUT2D eigenvalue weighted by Gasteiger charge is 2.18. The molecule has 28 nitrogen and oxygen atoms in total. The number of ether oxygens (including phenoxy) is 4. The number of rotatable bonds is 16. The molecular formula is C70H80N16O12. The molecule has 0 aliphatic rings. The maximum Gasteiger partial charge on any atom is 0.329 e. The normalized spacial score (nSPS) is 10.8. The summed E-state index contributed by atoms with van der Waals surface area (Å²) in [5.41, 5.74) is 5.75. The van der Waals surface area contributed by atoms with Gasteiger partial charge in [0.1, 0.15) is 45.1 Å². The van der Waals surface area contributed by atoms with E-state index in [1.54, 1.807) is 174 Å². The predicted octanol–water partition coefficient (Wildman–Crippen LogP) is 11.9. The molecule has 512 valence electrons. The van der Waals surface area contributed by atoms with Gasteiger partial charge in [-0.05, 0) is 48.5 Å². The van der Waals surface area contributed by atoms with Crippen LogP contribution in [0.1, 0.15) is 70.2 Å². The van der Waals surface area contributed by atoms with Crippen molar-refractivity contribution in [1.82, 2.24) is 58.1 Å². The van der Waals surface area contributed by atoms with E-state index < -0.39 is 0 Å². The lowest BCUT2D eigenvalue weighted by atomic mass is 10.2. The zero-order valence-electron chi connectivity index (χ0n) is 54.6. The molecule has 8 heterocycles. The Morgan fingerprint density at radius 3 is 1.16 bits per heavy atom. The van der Waals surface area contributed by atoms with Crippen molar-refractivity contribution in [2.75, 3.05) is 21.3 Å². The van der Waals surface area contributed by atoms with E-state index in [1.165, 1.54) is 18.3 Å². The molecule has 0 fully saturated rings.